The van der Waals surface area contributed by atoms with E-state index in [1.807, 2.05) is 4.90 Å². The Morgan fingerprint density at radius 1 is 1.43 bits per heavy atom. The van der Waals surface area contributed by atoms with E-state index in [-0.39, 0.29) is 11.9 Å². The number of fused-ring (bicyclic) bond motifs is 1. The molecule has 3 N–H and O–H groups in total. The van der Waals surface area contributed by atoms with Gasteiger partial charge in [-0.15, -0.1) is 11.3 Å². The summed E-state index contributed by atoms with van der Waals surface area (Å²) >= 11 is 1.79. The molecule has 0 saturated heterocycles. The molecule has 2 rings (SSSR count). The van der Waals surface area contributed by atoms with E-state index in [1.165, 1.54) is 10.4 Å². The topological polar surface area (TPSA) is 75.4 Å². The van der Waals surface area contributed by atoms with Crippen LogP contribution in [0.1, 0.15) is 49.1 Å². The fourth-order valence-electron chi connectivity index (χ4n) is 2.78. The smallest absolute Gasteiger partial charge is 0.312 e. The quantitative estimate of drug-likeness (QED) is 0.792. The van der Waals surface area contributed by atoms with Crippen LogP contribution in [-0.4, -0.2) is 29.9 Å². The Bertz CT molecular complexity index is 501. The van der Waals surface area contributed by atoms with Gasteiger partial charge in [-0.25, -0.2) is 4.79 Å². The Labute approximate surface area is 129 Å². The van der Waals surface area contributed by atoms with Gasteiger partial charge in [-0.05, 0) is 43.2 Å². The van der Waals surface area contributed by atoms with Crippen molar-refractivity contribution in [2.45, 2.75) is 45.1 Å². The lowest BCUT2D eigenvalue weighted by molar-refractivity contribution is -0.133. The highest BCUT2D eigenvalue weighted by Crippen LogP contribution is 2.33. The van der Waals surface area contributed by atoms with Crippen molar-refractivity contribution in [2.75, 3.05) is 13.1 Å². The molecule has 0 bridgehead atoms. The number of thiophene rings is 1. The van der Waals surface area contributed by atoms with Gasteiger partial charge in [0.05, 0.1) is 6.04 Å². The lowest BCUT2D eigenvalue weighted by Crippen LogP contribution is -2.38. The van der Waals surface area contributed by atoms with Crippen molar-refractivity contribution in [3.8, 4) is 0 Å². The average molecular weight is 309 g/mol. The van der Waals surface area contributed by atoms with Crippen LogP contribution in [-0.2, 0) is 11.2 Å². The number of carbonyl (C=O) groups excluding carboxylic acids is 2. The summed E-state index contributed by atoms with van der Waals surface area (Å²) in [5.41, 5.74) is 6.30. The fourth-order valence-corrected chi connectivity index (χ4v) is 3.75. The Hall–Kier alpha value is -1.56. The van der Waals surface area contributed by atoms with E-state index in [1.54, 1.807) is 11.3 Å². The molecule has 21 heavy (non-hydrogen) atoms. The number of rotatable bonds is 6. The zero-order chi connectivity index (χ0) is 15.2. The molecule has 1 aromatic heterocycles. The van der Waals surface area contributed by atoms with Gasteiger partial charge in [0.15, 0.2) is 0 Å². The lowest BCUT2D eigenvalue weighted by atomic mass is 10.0. The lowest BCUT2D eigenvalue weighted by Gasteiger charge is -2.33. The average Bonchev–Trinajstić information content (AvgIpc) is 2.92. The van der Waals surface area contributed by atoms with E-state index in [0.29, 0.717) is 13.0 Å². The standard InChI is InChI=1S/C15H23N3O2S/c1-11-12-7-10-21-13(12)6-9-18(11)14(19)5-3-2-4-8-17-15(16)20/h7,10-11H,2-6,8-9H2,1H3,(H3,16,17,20)/t11-/m1/s1. The summed E-state index contributed by atoms with van der Waals surface area (Å²) in [7, 11) is 0. The molecule has 0 radical (unpaired) electrons. The number of nitrogens with zero attached hydrogens (tertiary/aromatic N) is 1. The normalized spacial score (nSPS) is 17.4. The molecular weight excluding hydrogens is 286 g/mol. The molecule has 0 unspecified atom stereocenters. The molecule has 1 aromatic rings. The van der Waals surface area contributed by atoms with Crippen molar-refractivity contribution in [3.05, 3.63) is 21.9 Å². The first-order chi connectivity index (χ1) is 10.1. The number of hydrogen-bond donors (Lipinski definition) is 2. The van der Waals surface area contributed by atoms with Crippen LogP contribution in [0, 0.1) is 0 Å². The van der Waals surface area contributed by atoms with E-state index < -0.39 is 6.03 Å². The predicted molar refractivity (Wildman–Crippen MR) is 84.2 cm³/mol. The number of amides is 3. The van der Waals surface area contributed by atoms with Crippen molar-refractivity contribution in [1.29, 1.82) is 0 Å². The Morgan fingerprint density at radius 2 is 2.24 bits per heavy atom. The fraction of sp³-hybridized carbons (Fsp3) is 0.600. The summed E-state index contributed by atoms with van der Waals surface area (Å²) in [6.07, 6.45) is 4.21. The van der Waals surface area contributed by atoms with E-state index >= 15 is 0 Å². The van der Waals surface area contributed by atoms with Crippen LogP contribution in [0.3, 0.4) is 0 Å². The molecule has 1 aliphatic heterocycles. The molecule has 2 heterocycles. The van der Waals surface area contributed by atoms with Gasteiger partial charge in [0.25, 0.3) is 0 Å². The third-order valence-corrected chi connectivity index (χ3v) is 4.96. The molecule has 0 fully saturated rings. The number of primary amides is 1. The number of unbranched alkanes of at least 4 members (excludes halogenated alkanes) is 2. The summed E-state index contributed by atoms with van der Waals surface area (Å²) in [6, 6.07) is 1.85. The number of nitrogens with one attached hydrogen (secondary N) is 1. The second-order valence-electron chi connectivity index (χ2n) is 5.41. The number of hydrogen-bond acceptors (Lipinski definition) is 3. The minimum atomic E-state index is -0.486. The van der Waals surface area contributed by atoms with Gasteiger partial charge in [-0.1, -0.05) is 6.42 Å². The van der Waals surface area contributed by atoms with Crippen LogP contribution in [0.4, 0.5) is 4.79 Å². The monoisotopic (exact) mass is 309 g/mol. The molecular formula is C15H23N3O2S. The van der Waals surface area contributed by atoms with Crippen LogP contribution >= 0.6 is 11.3 Å². The number of urea groups is 1. The summed E-state index contributed by atoms with van der Waals surface area (Å²) in [5, 5.41) is 4.67. The van der Waals surface area contributed by atoms with Crippen molar-refractivity contribution in [3.63, 3.8) is 0 Å². The van der Waals surface area contributed by atoms with Crippen LogP contribution in [0.5, 0.6) is 0 Å². The van der Waals surface area contributed by atoms with Crippen LogP contribution in [0.15, 0.2) is 11.4 Å². The van der Waals surface area contributed by atoms with Crippen LogP contribution < -0.4 is 11.1 Å². The van der Waals surface area contributed by atoms with E-state index in [2.05, 4.69) is 23.7 Å². The maximum Gasteiger partial charge on any atom is 0.312 e. The van der Waals surface area contributed by atoms with Gasteiger partial charge >= 0.3 is 6.03 Å². The Balaban J connectivity index is 1.71. The molecule has 0 saturated carbocycles. The van der Waals surface area contributed by atoms with E-state index in [4.69, 9.17) is 5.73 Å². The predicted octanol–water partition coefficient (Wildman–Crippen LogP) is 2.42. The van der Waals surface area contributed by atoms with Gasteiger partial charge < -0.3 is 16.0 Å². The molecule has 0 aromatic carbocycles. The first-order valence-corrected chi connectivity index (χ1v) is 8.36. The van der Waals surface area contributed by atoms with Crippen molar-refractivity contribution >= 4 is 23.3 Å². The zero-order valence-corrected chi connectivity index (χ0v) is 13.2. The van der Waals surface area contributed by atoms with Crippen LogP contribution in [0.2, 0.25) is 0 Å². The first kappa shape index (κ1) is 15.8. The maximum atomic E-state index is 12.3. The Morgan fingerprint density at radius 3 is 3.00 bits per heavy atom. The van der Waals surface area contributed by atoms with Crippen molar-refractivity contribution in [1.82, 2.24) is 10.2 Å². The zero-order valence-electron chi connectivity index (χ0n) is 12.4. The van der Waals surface area contributed by atoms with Crippen molar-refractivity contribution < 1.29 is 9.59 Å². The number of nitrogens with two attached hydrogens (primary N) is 1. The second kappa shape index (κ2) is 7.45. The molecule has 1 atom stereocenters. The summed E-state index contributed by atoms with van der Waals surface area (Å²) < 4.78 is 0. The highest BCUT2D eigenvalue weighted by atomic mass is 32.1. The summed E-state index contributed by atoms with van der Waals surface area (Å²) in [4.78, 5) is 26.3. The maximum absolute atomic E-state index is 12.3. The largest absolute Gasteiger partial charge is 0.352 e. The highest BCUT2D eigenvalue weighted by molar-refractivity contribution is 7.10. The Kier molecular flexibility index (Phi) is 5.61. The van der Waals surface area contributed by atoms with Crippen molar-refractivity contribution in [2.24, 2.45) is 5.73 Å². The first-order valence-electron chi connectivity index (χ1n) is 7.48. The van der Waals surface area contributed by atoms with Crippen LogP contribution in [0.25, 0.3) is 0 Å². The summed E-state index contributed by atoms with van der Waals surface area (Å²) in [5.74, 6) is 0.238. The molecule has 0 spiro atoms. The third-order valence-electron chi connectivity index (χ3n) is 3.96. The SMILES string of the molecule is C[C@@H]1c2ccsc2CCN1C(=O)CCCCCNC(N)=O. The van der Waals surface area contributed by atoms with Gasteiger partial charge in [0.1, 0.15) is 0 Å². The second-order valence-corrected chi connectivity index (χ2v) is 6.41. The summed E-state index contributed by atoms with van der Waals surface area (Å²) in [6.45, 7) is 3.53. The molecule has 0 aliphatic carbocycles. The molecule has 5 nitrogen and oxygen atoms in total. The molecule has 6 heteroatoms. The number of carbonyl (C=O) groups is 2. The minimum absolute atomic E-state index is 0.198. The molecule has 1 aliphatic rings. The molecule has 3 amide bonds. The van der Waals surface area contributed by atoms with Gasteiger partial charge in [-0.3, -0.25) is 4.79 Å². The third kappa shape index (κ3) is 4.20. The highest BCUT2D eigenvalue weighted by Gasteiger charge is 2.27. The van der Waals surface area contributed by atoms with Gasteiger partial charge in [0, 0.05) is 24.4 Å². The van der Waals surface area contributed by atoms with E-state index in [9.17, 15) is 9.59 Å². The van der Waals surface area contributed by atoms with Gasteiger partial charge in [-0.2, -0.15) is 0 Å². The van der Waals surface area contributed by atoms with Gasteiger partial charge in [0.2, 0.25) is 5.91 Å². The minimum Gasteiger partial charge on any atom is -0.352 e. The molecule has 116 valence electrons. The van der Waals surface area contributed by atoms with E-state index in [0.717, 1.165) is 32.2 Å².